The summed E-state index contributed by atoms with van der Waals surface area (Å²) in [4.78, 5) is 38.2. The van der Waals surface area contributed by atoms with Gasteiger partial charge in [-0.2, -0.15) is 5.10 Å². The highest BCUT2D eigenvalue weighted by molar-refractivity contribution is 6.05. The number of benzene rings is 1. The first-order chi connectivity index (χ1) is 14.9. The number of hydrogen-bond acceptors (Lipinski definition) is 6. The van der Waals surface area contributed by atoms with Gasteiger partial charge in [-0.15, -0.1) is 0 Å². The average Bonchev–Trinajstić information content (AvgIpc) is 3.12. The van der Waals surface area contributed by atoms with Gasteiger partial charge in [-0.3, -0.25) is 14.3 Å². The molecule has 164 valence electrons. The Labute approximate surface area is 178 Å². The summed E-state index contributed by atoms with van der Waals surface area (Å²) in [5.41, 5.74) is 0.910. The van der Waals surface area contributed by atoms with Crippen molar-refractivity contribution in [1.29, 1.82) is 0 Å². The van der Waals surface area contributed by atoms with Crippen molar-refractivity contribution < 1.29 is 29.0 Å². The van der Waals surface area contributed by atoms with Crippen LogP contribution in [0.3, 0.4) is 0 Å². The van der Waals surface area contributed by atoms with Gasteiger partial charge >= 0.3 is 5.97 Å². The molecule has 4 atom stereocenters. The van der Waals surface area contributed by atoms with Gasteiger partial charge in [0.15, 0.2) is 5.78 Å². The number of ether oxygens (including phenoxy) is 2. The Bertz CT molecular complexity index is 1060. The average molecular weight is 427 g/mol. The van der Waals surface area contributed by atoms with Gasteiger partial charge in [0, 0.05) is 25.0 Å². The van der Waals surface area contributed by atoms with Crippen LogP contribution in [0.5, 0.6) is 5.75 Å². The second-order valence-electron chi connectivity index (χ2n) is 8.64. The summed E-state index contributed by atoms with van der Waals surface area (Å²) < 4.78 is 12.9. The minimum Gasteiger partial charge on any atom is -0.491 e. The summed E-state index contributed by atoms with van der Waals surface area (Å²) in [6.45, 7) is 2.53. The molecule has 0 radical (unpaired) electrons. The molecule has 2 saturated heterocycles. The molecular weight excluding hydrogens is 402 g/mol. The number of ketones is 1. The SMILES string of the molecule is CC(=O)c1nn(CC(=O)N2[C@@H]3C[C@@H]3C[C@H]2C(=O)O)c2ccc(OCC3CCCO3)cc12. The van der Waals surface area contributed by atoms with Gasteiger partial charge in [-0.25, -0.2) is 4.79 Å². The molecule has 3 aliphatic rings. The van der Waals surface area contributed by atoms with Gasteiger partial charge in [0.25, 0.3) is 0 Å². The molecular formula is C22H25N3O6. The fourth-order valence-electron chi connectivity index (χ4n) is 4.84. The number of hydrogen-bond donors (Lipinski definition) is 1. The first kappa shape index (κ1) is 20.0. The van der Waals surface area contributed by atoms with Crippen LogP contribution in [0.15, 0.2) is 18.2 Å². The minimum absolute atomic E-state index is 0.0144. The van der Waals surface area contributed by atoms with Crippen molar-refractivity contribution in [3.63, 3.8) is 0 Å². The fraction of sp³-hybridized carbons (Fsp3) is 0.545. The smallest absolute Gasteiger partial charge is 0.326 e. The van der Waals surface area contributed by atoms with Crippen LogP contribution in [0.25, 0.3) is 10.9 Å². The number of carboxylic acids is 1. The highest BCUT2D eigenvalue weighted by Gasteiger charge is 2.56. The quantitative estimate of drug-likeness (QED) is 0.672. The van der Waals surface area contributed by atoms with Crippen molar-refractivity contribution in [1.82, 2.24) is 14.7 Å². The highest BCUT2D eigenvalue weighted by Crippen LogP contribution is 2.48. The van der Waals surface area contributed by atoms with Crippen LogP contribution in [-0.2, 0) is 20.9 Å². The predicted octanol–water partition coefficient (Wildman–Crippen LogP) is 1.87. The molecule has 9 nitrogen and oxygen atoms in total. The van der Waals surface area contributed by atoms with E-state index in [1.54, 1.807) is 18.2 Å². The Balaban J connectivity index is 1.39. The maximum Gasteiger partial charge on any atom is 0.326 e. The second kappa shape index (κ2) is 7.64. The van der Waals surface area contributed by atoms with Gasteiger partial charge in [-0.05, 0) is 49.8 Å². The molecule has 1 N–H and O–H groups in total. The summed E-state index contributed by atoms with van der Waals surface area (Å²) >= 11 is 0. The Morgan fingerprint density at radius 1 is 1.29 bits per heavy atom. The van der Waals surface area contributed by atoms with Crippen LogP contribution in [0.2, 0.25) is 0 Å². The lowest BCUT2D eigenvalue weighted by Gasteiger charge is -2.24. The number of fused-ring (bicyclic) bond motifs is 2. The zero-order valence-electron chi connectivity index (χ0n) is 17.3. The van der Waals surface area contributed by atoms with E-state index in [2.05, 4.69) is 5.10 Å². The molecule has 0 spiro atoms. The maximum absolute atomic E-state index is 13.0. The lowest BCUT2D eigenvalue weighted by atomic mass is 10.1. The highest BCUT2D eigenvalue weighted by atomic mass is 16.5. The molecule has 1 unspecified atom stereocenters. The molecule has 1 aromatic heterocycles. The van der Waals surface area contributed by atoms with Gasteiger partial charge in [0.1, 0.15) is 30.6 Å². The molecule has 2 aliphatic heterocycles. The monoisotopic (exact) mass is 427 g/mol. The fourth-order valence-corrected chi connectivity index (χ4v) is 4.84. The van der Waals surface area contributed by atoms with Crippen molar-refractivity contribution in [3.05, 3.63) is 23.9 Å². The molecule has 0 bridgehead atoms. The lowest BCUT2D eigenvalue weighted by molar-refractivity contribution is -0.149. The van der Waals surface area contributed by atoms with Crippen LogP contribution < -0.4 is 4.74 Å². The van der Waals surface area contributed by atoms with Crippen LogP contribution in [0, 0.1) is 5.92 Å². The number of carbonyl (C=O) groups is 3. The third kappa shape index (κ3) is 3.67. The summed E-state index contributed by atoms with van der Waals surface area (Å²) in [5, 5.41) is 14.5. The van der Waals surface area contributed by atoms with Gasteiger partial charge < -0.3 is 19.5 Å². The third-order valence-electron chi connectivity index (χ3n) is 6.48. The number of carbonyl (C=O) groups excluding carboxylic acids is 2. The summed E-state index contributed by atoms with van der Waals surface area (Å²) in [5.74, 6) is -0.559. The molecule has 1 saturated carbocycles. The first-order valence-electron chi connectivity index (χ1n) is 10.7. The van der Waals surface area contributed by atoms with Gasteiger partial charge in [-0.1, -0.05) is 0 Å². The number of rotatable bonds is 7. The number of amides is 1. The number of nitrogens with zero attached hydrogens (tertiary/aromatic N) is 3. The minimum atomic E-state index is -0.969. The summed E-state index contributed by atoms with van der Waals surface area (Å²) in [6.07, 6.45) is 3.45. The summed E-state index contributed by atoms with van der Waals surface area (Å²) in [6, 6.07) is 4.58. The molecule has 1 aliphatic carbocycles. The third-order valence-corrected chi connectivity index (χ3v) is 6.48. The number of aromatic nitrogens is 2. The number of likely N-dealkylation sites (tertiary alicyclic amines) is 1. The van der Waals surface area contributed by atoms with E-state index in [0.717, 1.165) is 25.9 Å². The standard InChI is InChI=1S/C22H25N3O6/c1-12(26)21-16-9-14(31-11-15-3-2-6-30-15)4-5-17(16)24(23-21)10-20(27)25-18-7-13(18)8-19(25)22(28)29/h4-5,9,13,15,18-19H,2-3,6-8,10-11H2,1H3,(H,28,29)/t13-,15?,18-,19+/m1/s1. The van der Waals surface area contributed by atoms with E-state index in [9.17, 15) is 19.5 Å². The molecule has 5 rings (SSSR count). The number of carboxylic acid groups (broad SMARTS) is 1. The van der Waals surface area contributed by atoms with Crippen molar-refractivity contribution in [2.75, 3.05) is 13.2 Å². The largest absolute Gasteiger partial charge is 0.491 e. The Morgan fingerprint density at radius 3 is 2.84 bits per heavy atom. The van der Waals surface area contributed by atoms with Crippen LogP contribution in [-0.4, -0.2) is 68.8 Å². The van der Waals surface area contributed by atoms with Crippen molar-refractivity contribution in [2.24, 2.45) is 5.92 Å². The second-order valence-corrected chi connectivity index (χ2v) is 8.64. The van der Waals surface area contributed by atoms with E-state index < -0.39 is 12.0 Å². The molecule has 31 heavy (non-hydrogen) atoms. The molecule has 2 aromatic rings. The first-order valence-corrected chi connectivity index (χ1v) is 10.7. The Morgan fingerprint density at radius 2 is 2.13 bits per heavy atom. The van der Waals surface area contributed by atoms with Gasteiger partial charge in [0.2, 0.25) is 5.91 Å². The molecule has 3 heterocycles. The zero-order valence-corrected chi connectivity index (χ0v) is 17.3. The topological polar surface area (TPSA) is 111 Å². The predicted molar refractivity (Wildman–Crippen MR) is 109 cm³/mol. The number of piperidine rings is 1. The molecule has 1 aromatic carbocycles. The van der Waals surface area contributed by atoms with E-state index in [1.165, 1.54) is 16.5 Å². The number of Topliss-reactive ketones (excluding diaryl/α,β-unsaturated/α-hetero) is 1. The van der Waals surface area contributed by atoms with E-state index in [0.29, 0.717) is 29.7 Å². The number of aliphatic carboxylic acids is 1. The zero-order chi connectivity index (χ0) is 21.7. The molecule has 9 heteroatoms. The normalized spacial score (nSPS) is 26.8. The van der Waals surface area contributed by atoms with E-state index in [1.807, 2.05) is 0 Å². The maximum atomic E-state index is 13.0. The van der Waals surface area contributed by atoms with Crippen LogP contribution >= 0.6 is 0 Å². The van der Waals surface area contributed by atoms with Gasteiger partial charge in [0.05, 0.1) is 11.6 Å². The van der Waals surface area contributed by atoms with Crippen LogP contribution in [0.4, 0.5) is 0 Å². The van der Waals surface area contributed by atoms with E-state index in [-0.39, 0.29) is 42.0 Å². The van der Waals surface area contributed by atoms with Crippen LogP contribution in [0.1, 0.15) is 43.1 Å². The van der Waals surface area contributed by atoms with E-state index >= 15 is 0 Å². The Hall–Kier alpha value is -2.94. The Kier molecular flexibility index (Phi) is 4.92. The molecule has 1 amide bonds. The van der Waals surface area contributed by atoms with E-state index in [4.69, 9.17) is 9.47 Å². The van der Waals surface area contributed by atoms with Crippen molar-refractivity contribution in [3.8, 4) is 5.75 Å². The molecule has 3 fully saturated rings. The van der Waals surface area contributed by atoms with Crippen molar-refractivity contribution in [2.45, 2.75) is 57.3 Å². The van der Waals surface area contributed by atoms with Crippen molar-refractivity contribution >= 4 is 28.6 Å². The lowest BCUT2D eigenvalue weighted by Crippen LogP contribution is -2.44. The summed E-state index contributed by atoms with van der Waals surface area (Å²) in [7, 11) is 0.